The topological polar surface area (TPSA) is 82.6 Å². The number of aromatic hydroxyl groups is 2. The Bertz CT molecular complexity index is 747. The zero-order valence-corrected chi connectivity index (χ0v) is 17.0. The summed E-state index contributed by atoms with van der Waals surface area (Å²) in [5.41, 5.74) is 8.19. The molecule has 1 aliphatic rings. The third kappa shape index (κ3) is 5.36. The SMILES string of the molecule is CCCN(CCCCCc1ccc(O)c(O)c1)[C@H]1CCc2nc(N)sc2C1. The Morgan fingerprint density at radius 2 is 2.04 bits per heavy atom. The van der Waals surface area contributed by atoms with Crippen LogP contribution in [0.1, 0.15) is 55.2 Å². The summed E-state index contributed by atoms with van der Waals surface area (Å²) in [6.45, 7) is 4.55. The average Bonchev–Trinajstić information content (AvgIpc) is 3.02. The molecule has 1 atom stereocenters. The van der Waals surface area contributed by atoms with Crippen molar-refractivity contribution in [2.45, 2.75) is 64.3 Å². The van der Waals surface area contributed by atoms with E-state index in [1.165, 1.54) is 36.3 Å². The summed E-state index contributed by atoms with van der Waals surface area (Å²) in [6.07, 6.45) is 8.92. The van der Waals surface area contributed by atoms with Gasteiger partial charge in [0.05, 0.1) is 5.69 Å². The van der Waals surface area contributed by atoms with Crippen LogP contribution in [0.15, 0.2) is 18.2 Å². The smallest absolute Gasteiger partial charge is 0.180 e. The van der Waals surface area contributed by atoms with E-state index in [2.05, 4.69) is 16.8 Å². The summed E-state index contributed by atoms with van der Waals surface area (Å²) in [4.78, 5) is 8.51. The van der Waals surface area contributed by atoms with Gasteiger partial charge in [-0.25, -0.2) is 4.98 Å². The zero-order chi connectivity index (χ0) is 19.2. The highest BCUT2D eigenvalue weighted by Crippen LogP contribution is 2.30. The number of unbranched alkanes of at least 4 members (excludes halogenated alkanes) is 2. The largest absolute Gasteiger partial charge is 0.504 e. The first-order valence-electron chi connectivity index (χ1n) is 10.1. The van der Waals surface area contributed by atoms with Crippen molar-refractivity contribution < 1.29 is 10.2 Å². The van der Waals surface area contributed by atoms with Crippen LogP contribution in [-0.2, 0) is 19.3 Å². The first kappa shape index (κ1) is 20.0. The van der Waals surface area contributed by atoms with Gasteiger partial charge in [-0.05, 0) is 75.7 Å². The normalized spacial score (nSPS) is 16.6. The molecule has 1 aromatic carbocycles. The molecule has 4 N–H and O–H groups in total. The Hall–Kier alpha value is -1.79. The first-order chi connectivity index (χ1) is 13.1. The average molecular weight is 390 g/mol. The molecule has 0 saturated heterocycles. The molecule has 0 unspecified atom stereocenters. The van der Waals surface area contributed by atoms with Crippen LogP contribution in [-0.4, -0.2) is 39.2 Å². The second-order valence-corrected chi connectivity index (χ2v) is 8.60. The molecule has 0 saturated carbocycles. The minimum absolute atomic E-state index is 0.0259. The standard InChI is InChI=1S/C21H31N3O2S/c1-2-11-24(16-8-9-17-20(14-16)27-21(22)23-17)12-5-3-4-6-15-7-10-18(25)19(26)13-15/h7,10,13,16,25-26H,2-6,8-9,11-12,14H2,1H3,(H2,22,23)/t16-/m0/s1. The summed E-state index contributed by atoms with van der Waals surface area (Å²) >= 11 is 1.66. The molecular formula is C21H31N3O2S. The van der Waals surface area contributed by atoms with Crippen molar-refractivity contribution in [1.82, 2.24) is 9.88 Å². The Kier molecular flexibility index (Phi) is 6.96. The van der Waals surface area contributed by atoms with Crippen LogP contribution >= 0.6 is 11.3 Å². The maximum absolute atomic E-state index is 9.58. The van der Waals surface area contributed by atoms with Gasteiger partial charge in [0.2, 0.25) is 0 Å². The van der Waals surface area contributed by atoms with Gasteiger partial charge in [-0.3, -0.25) is 0 Å². The number of anilines is 1. The molecule has 0 aliphatic heterocycles. The molecule has 0 amide bonds. The van der Waals surface area contributed by atoms with Crippen molar-refractivity contribution in [3.8, 4) is 11.5 Å². The van der Waals surface area contributed by atoms with E-state index in [-0.39, 0.29) is 11.5 Å². The van der Waals surface area contributed by atoms with E-state index in [9.17, 15) is 10.2 Å². The van der Waals surface area contributed by atoms with E-state index in [0.29, 0.717) is 11.2 Å². The molecule has 0 bridgehead atoms. The molecule has 0 spiro atoms. The summed E-state index contributed by atoms with van der Waals surface area (Å²) < 4.78 is 0. The molecule has 5 nitrogen and oxygen atoms in total. The highest BCUT2D eigenvalue weighted by atomic mass is 32.1. The minimum atomic E-state index is -0.0488. The molecule has 1 aliphatic carbocycles. The van der Waals surface area contributed by atoms with Gasteiger partial charge in [-0.2, -0.15) is 0 Å². The van der Waals surface area contributed by atoms with Crippen LogP contribution in [0.4, 0.5) is 5.13 Å². The van der Waals surface area contributed by atoms with Crippen molar-refractivity contribution in [3.05, 3.63) is 34.3 Å². The fourth-order valence-electron chi connectivity index (χ4n) is 4.00. The van der Waals surface area contributed by atoms with Gasteiger partial charge in [0.25, 0.3) is 0 Å². The molecule has 1 heterocycles. The second kappa shape index (κ2) is 9.42. The number of phenols is 2. The van der Waals surface area contributed by atoms with E-state index in [0.717, 1.165) is 44.3 Å². The number of nitrogens with two attached hydrogens (primary N) is 1. The second-order valence-electron chi connectivity index (χ2n) is 7.49. The number of rotatable bonds is 9. The van der Waals surface area contributed by atoms with Crippen LogP contribution in [0.2, 0.25) is 0 Å². The molecule has 0 radical (unpaired) electrons. The van der Waals surface area contributed by atoms with Gasteiger partial charge >= 0.3 is 0 Å². The Morgan fingerprint density at radius 3 is 2.81 bits per heavy atom. The van der Waals surface area contributed by atoms with Gasteiger partial charge < -0.3 is 20.8 Å². The molecule has 6 heteroatoms. The lowest BCUT2D eigenvalue weighted by Gasteiger charge is -2.33. The third-order valence-electron chi connectivity index (χ3n) is 5.41. The summed E-state index contributed by atoms with van der Waals surface area (Å²) in [6, 6.07) is 5.74. The molecule has 27 heavy (non-hydrogen) atoms. The quantitative estimate of drug-likeness (QED) is 0.444. The third-order valence-corrected chi connectivity index (χ3v) is 6.36. The Labute approximate surface area is 165 Å². The van der Waals surface area contributed by atoms with Crippen molar-refractivity contribution >= 4 is 16.5 Å². The van der Waals surface area contributed by atoms with Crippen molar-refractivity contribution in [3.63, 3.8) is 0 Å². The summed E-state index contributed by atoms with van der Waals surface area (Å²) in [7, 11) is 0. The van der Waals surface area contributed by atoms with E-state index in [1.807, 2.05) is 6.07 Å². The first-order valence-corrected chi connectivity index (χ1v) is 10.9. The minimum Gasteiger partial charge on any atom is -0.504 e. The highest BCUT2D eigenvalue weighted by Gasteiger charge is 2.26. The maximum atomic E-state index is 9.58. The number of phenolic OH excluding ortho intramolecular Hbond substituents is 2. The predicted octanol–water partition coefficient (Wildman–Crippen LogP) is 4.12. The van der Waals surface area contributed by atoms with Crippen LogP contribution < -0.4 is 5.73 Å². The van der Waals surface area contributed by atoms with Crippen LogP contribution in [0.3, 0.4) is 0 Å². The van der Waals surface area contributed by atoms with Gasteiger partial charge in [0.15, 0.2) is 16.6 Å². The zero-order valence-electron chi connectivity index (χ0n) is 16.2. The number of aryl methyl sites for hydroxylation is 2. The van der Waals surface area contributed by atoms with Crippen LogP contribution in [0, 0.1) is 0 Å². The fraction of sp³-hybridized carbons (Fsp3) is 0.571. The molecule has 0 fully saturated rings. The van der Waals surface area contributed by atoms with Gasteiger partial charge in [0.1, 0.15) is 0 Å². The predicted molar refractivity (Wildman–Crippen MR) is 112 cm³/mol. The number of aromatic nitrogens is 1. The Balaban J connectivity index is 1.44. The number of fused-ring (bicyclic) bond motifs is 1. The number of nitrogen functional groups attached to an aromatic ring is 1. The van der Waals surface area contributed by atoms with Gasteiger partial charge in [0, 0.05) is 10.9 Å². The number of hydrogen-bond acceptors (Lipinski definition) is 6. The monoisotopic (exact) mass is 389 g/mol. The maximum Gasteiger partial charge on any atom is 0.180 e. The van der Waals surface area contributed by atoms with Crippen molar-refractivity contribution in [1.29, 1.82) is 0 Å². The molecular weight excluding hydrogens is 358 g/mol. The lowest BCUT2D eigenvalue weighted by Crippen LogP contribution is -2.40. The van der Waals surface area contributed by atoms with Crippen molar-refractivity contribution in [2.75, 3.05) is 18.8 Å². The molecule has 1 aromatic heterocycles. The highest BCUT2D eigenvalue weighted by molar-refractivity contribution is 7.15. The molecule has 148 valence electrons. The molecule has 3 rings (SSSR count). The number of hydrogen-bond donors (Lipinski definition) is 3. The molecule has 2 aromatic rings. The lowest BCUT2D eigenvalue weighted by molar-refractivity contribution is 0.176. The summed E-state index contributed by atoms with van der Waals surface area (Å²) in [5, 5.41) is 19.7. The number of thiazole rings is 1. The van der Waals surface area contributed by atoms with E-state index in [4.69, 9.17) is 5.73 Å². The number of nitrogens with zero attached hydrogens (tertiary/aromatic N) is 2. The van der Waals surface area contributed by atoms with E-state index >= 15 is 0 Å². The fourth-order valence-corrected chi connectivity index (χ4v) is 4.95. The van der Waals surface area contributed by atoms with Gasteiger partial charge in [-0.1, -0.05) is 19.4 Å². The number of benzene rings is 1. The lowest BCUT2D eigenvalue weighted by atomic mass is 9.95. The van der Waals surface area contributed by atoms with E-state index in [1.54, 1.807) is 23.5 Å². The Morgan fingerprint density at radius 1 is 1.19 bits per heavy atom. The van der Waals surface area contributed by atoms with Crippen molar-refractivity contribution in [2.24, 2.45) is 0 Å². The summed E-state index contributed by atoms with van der Waals surface area (Å²) in [5.74, 6) is -0.0747. The van der Waals surface area contributed by atoms with E-state index < -0.39 is 0 Å². The van der Waals surface area contributed by atoms with Gasteiger partial charge in [-0.15, -0.1) is 11.3 Å². The van der Waals surface area contributed by atoms with Crippen LogP contribution in [0.25, 0.3) is 0 Å². The van der Waals surface area contributed by atoms with Crippen LogP contribution in [0.5, 0.6) is 11.5 Å².